The zero-order valence-corrected chi connectivity index (χ0v) is 7.27. The van der Waals surface area contributed by atoms with Crippen LogP contribution in [-0.4, -0.2) is 11.8 Å². The molecule has 0 bridgehead atoms. The maximum Gasteiger partial charge on any atom is 0.133 e. The lowest BCUT2D eigenvalue weighted by Crippen LogP contribution is -2.16. The summed E-state index contributed by atoms with van der Waals surface area (Å²) in [7, 11) is 0. The van der Waals surface area contributed by atoms with Crippen LogP contribution in [0.1, 0.15) is 25.7 Å². The van der Waals surface area contributed by atoms with Crippen molar-refractivity contribution in [3.05, 3.63) is 0 Å². The highest BCUT2D eigenvalue weighted by atomic mass is 35.5. The molecule has 0 aliphatic heterocycles. The Morgan fingerprint density at radius 3 is 2.09 bits per heavy atom. The van der Waals surface area contributed by atoms with Crippen molar-refractivity contribution in [3.63, 3.8) is 0 Å². The molecule has 0 heterocycles. The van der Waals surface area contributed by atoms with Crippen LogP contribution in [0.5, 0.6) is 0 Å². The van der Waals surface area contributed by atoms with Gasteiger partial charge in [-0.2, -0.15) is 0 Å². The van der Waals surface area contributed by atoms with Gasteiger partial charge in [-0.3, -0.25) is 4.79 Å². The molecule has 2 aliphatic rings. The minimum absolute atomic E-state index is 0. The van der Waals surface area contributed by atoms with Crippen LogP contribution in [0.15, 0.2) is 0 Å². The van der Waals surface area contributed by atoms with Crippen molar-refractivity contribution in [1.29, 1.82) is 0 Å². The summed E-state index contributed by atoms with van der Waals surface area (Å²) in [6.07, 6.45) is 3.82. The Balaban J connectivity index is 0.000000605. The number of ketones is 1. The Labute approximate surface area is 72.9 Å². The number of hydrogen-bond acceptors (Lipinski definition) is 2. The highest BCUT2D eigenvalue weighted by molar-refractivity contribution is 5.85. The first kappa shape index (κ1) is 9.01. The molecule has 0 aromatic heterocycles. The maximum atomic E-state index is 10.9. The lowest BCUT2D eigenvalue weighted by molar-refractivity contribution is -0.117. The molecule has 2 N–H and O–H groups in total. The van der Waals surface area contributed by atoms with Crippen molar-refractivity contribution in [1.82, 2.24) is 0 Å². The fourth-order valence-corrected chi connectivity index (χ4v) is 2.43. The van der Waals surface area contributed by atoms with Gasteiger partial charge in [-0.15, -0.1) is 12.4 Å². The molecule has 2 aliphatic carbocycles. The van der Waals surface area contributed by atoms with E-state index < -0.39 is 0 Å². The first-order valence-corrected chi connectivity index (χ1v) is 4.03. The first-order valence-electron chi connectivity index (χ1n) is 4.03. The summed E-state index contributed by atoms with van der Waals surface area (Å²) in [6, 6.07) is 0.392. The van der Waals surface area contributed by atoms with E-state index in [4.69, 9.17) is 5.73 Å². The summed E-state index contributed by atoms with van der Waals surface area (Å²) in [4.78, 5) is 10.9. The lowest BCUT2D eigenvalue weighted by atomic mass is 10.0. The predicted molar refractivity (Wildman–Crippen MR) is 45.7 cm³/mol. The number of carbonyl (C=O) groups is 1. The minimum atomic E-state index is 0. The summed E-state index contributed by atoms with van der Waals surface area (Å²) in [5, 5.41) is 0. The van der Waals surface area contributed by atoms with Gasteiger partial charge in [0.25, 0.3) is 0 Å². The number of Topliss-reactive ketones (excluding diaryl/α,β-unsaturated/α-hetero) is 1. The first-order chi connectivity index (χ1) is 4.75. The smallest absolute Gasteiger partial charge is 0.133 e. The monoisotopic (exact) mass is 175 g/mol. The second kappa shape index (κ2) is 3.11. The molecule has 2 rings (SSSR count). The average molecular weight is 176 g/mol. The predicted octanol–water partition coefficient (Wildman–Crippen LogP) is 1.12. The molecule has 2 atom stereocenters. The molecule has 11 heavy (non-hydrogen) atoms. The Bertz CT molecular complexity index is 155. The number of fused-ring (bicyclic) bond motifs is 1. The largest absolute Gasteiger partial charge is 0.328 e. The Kier molecular flexibility index (Phi) is 2.55. The van der Waals surface area contributed by atoms with Gasteiger partial charge in [-0.25, -0.2) is 0 Å². The van der Waals surface area contributed by atoms with Crippen LogP contribution < -0.4 is 5.73 Å². The second-order valence-corrected chi connectivity index (χ2v) is 3.70. The van der Waals surface area contributed by atoms with E-state index in [2.05, 4.69) is 0 Å². The van der Waals surface area contributed by atoms with Crippen LogP contribution in [0.2, 0.25) is 0 Å². The topological polar surface area (TPSA) is 43.1 Å². The average Bonchev–Trinajstić information content (AvgIpc) is 2.21. The molecule has 0 spiro atoms. The van der Waals surface area contributed by atoms with Gasteiger partial charge in [0.2, 0.25) is 0 Å². The van der Waals surface area contributed by atoms with Crippen LogP contribution in [0.25, 0.3) is 0 Å². The number of carbonyl (C=O) groups excluding carboxylic acids is 1. The zero-order valence-electron chi connectivity index (χ0n) is 6.45. The van der Waals surface area contributed by atoms with E-state index in [-0.39, 0.29) is 12.4 Å². The highest BCUT2D eigenvalue weighted by Crippen LogP contribution is 2.41. The van der Waals surface area contributed by atoms with Crippen LogP contribution in [0.4, 0.5) is 0 Å². The van der Waals surface area contributed by atoms with Gasteiger partial charge in [0.05, 0.1) is 0 Å². The highest BCUT2D eigenvalue weighted by Gasteiger charge is 2.39. The number of halogens is 1. The second-order valence-electron chi connectivity index (χ2n) is 3.70. The van der Waals surface area contributed by atoms with Crippen LogP contribution in [-0.2, 0) is 4.79 Å². The van der Waals surface area contributed by atoms with Crippen LogP contribution in [0, 0.1) is 11.8 Å². The van der Waals surface area contributed by atoms with E-state index in [1.165, 1.54) is 0 Å². The summed E-state index contributed by atoms with van der Waals surface area (Å²) < 4.78 is 0. The van der Waals surface area contributed by atoms with E-state index in [0.29, 0.717) is 23.7 Å². The number of hydrogen-bond donors (Lipinski definition) is 1. The standard InChI is InChI=1S/C8H13NO.ClH/c9-7-1-5-3-8(10)4-6(5)2-7;/h5-7H,1-4,9H2;1H. The summed E-state index contributed by atoms with van der Waals surface area (Å²) in [5.41, 5.74) is 5.76. The van der Waals surface area contributed by atoms with E-state index in [0.717, 1.165) is 25.7 Å². The van der Waals surface area contributed by atoms with Crippen LogP contribution in [0.3, 0.4) is 0 Å². The summed E-state index contributed by atoms with van der Waals surface area (Å²) in [5.74, 6) is 1.77. The third kappa shape index (κ3) is 1.57. The van der Waals surface area contributed by atoms with Gasteiger partial charge in [0, 0.05) is 18.9 Å². The van der Waals surface area contributed by atoms with Gasteiger partial charge >= 0.3 is 0 Å². The molecule has 0 radical (unpaired) electrons. The van der Waals surface area contributed by atoms with E-state index in [1.807, 2.05) is 0 Å². The van der Waals surface area contributed by atoms with Crippen LogP contribution >= 0.6 is 12.4 Å². The Hall–Kier alpha value is -0.0800. The molecule has 3 heteroatoms. The van der Waals surface area contributed by atoms with Crippen molar-refractivity contribution in [2.45, 2.75) is 31.7 Å². The summed E-state index contributed by atoms with van der Waals surface area (Å²) >= 11 is 0. The third-order valence-corrected chi connectivity index (χ3v) is 2.86. The molecule has 64 valence electrons. The lowest BCUT2D eigenvalue weighted by Gasteiger charge is -2.02. The number of nitrogens with two attached hydrogens (primary N) is 1. The Morgan fingerprint density at radius 1 is 1.18 bits per heavy atom. The number of rotatable bonds is 0. The molecule has 0 aromatic rings. The minimum Gasteiger partial charge on any atom is -0.328 e. The molecule has 2 fully saturated rings. The molecule has 0 aromatic carbocycles. The van der Waals surface area contributed by atoms with E-state index in [1.54, 1.807) is 0 Å². The van der Waals surface area contributed by atoms with Crippen molar-refractivity contribution in [3.8, 4) is 0 Å². The van der Waals surface area contributed by atoms with E-state index >= 15 is 0 Å². The van der Waals surface area contributed by atoms with Crippen molar-refractivity contribution in [2.75, 3.05) is 0 Å². The van der Waals surface area contributed by atoms with Gasteiger partial charge in [-0.1, -0.05) is 0 Å². The molecule has 0 saturated heterocycles. The Morgan fingerprint density at radius 2 is 1.64 bits per heavy atom. The van der Waals surface area contributed by atoms with Gasteiger partial charge < -0.3 is 5.73 Å². The van der Waals surface area contributed by atoms with E-state index in [9.17, 15) is 4.79 Å². The van der Waals surface area contributed by atoms with Crippen molar-refractivity contribution in [2.24, 2.45) is 17.6 Å². The fraction of sp³-hybridized carbons (Fsp3) is 0.875. The molecule has 2 unspecified atom stereocenters. The SMILES string of the molecule is Cl.NC1CC2CC(=O)CC2C1. The fourth-order valence-electron chi connectivity index (χ4n) is 2.43. The van der Waals surface area contributed by atoms with Gasteiger partial charge in [0.1, 0.15) is 5.78 Å². The van der Waals surface area contributed by atoms with Crippen molar-refractivity contribution >= 4 is 18.2 Å². The normalized spacial score (nSPS) is 41.9. The molecular weight excluding hydrogens is 162 g/mol. The molecule has 2 nitrogen and oxygen atoms in total. The molecule has 2 saturated carbocycles. The van der Waals surface area contributed by atoms with Crippen molar-refractivity contribution < 1.29 is 4.79 Å². The third-order valence-electron chi connectivity index (χ3n) is 2.86. The van der Waals surface area contributed by atoms with Gasteiger partial charge in [-0.05, 0) is 24.7 Å². The maximum absolute atomic E-state index is 10.9. The zero-order chi connectivity index (χ0) is 7.14. The quantitative estimate of drug-likeness (QED) is 0.600. The van der Waals surface area contributed by atoms with Gasteiger partial charge in [0.15, 0.2) is 0 Å². The molecule has 0 amide bonds. The molecular formula is C8H14ClNO. The summed E-state index contributed by atoms with van der Waals surface area (Å²) in [6.45, 7) is 0.